The van der Waals surface area contributed by atoms with Gasteiger partial charge < -0.3 is 15.8 Å². The zero-order valence-corrected chi connectivity index (χ0v) is 11.6. The van der Waals surface area contributed by atoms with Gasteiger partial charge in [-0.25, -0.2) is 0 Å². The minimum atomic E-state index is -0.198. The number of hydrogen-bond acceptors (Lipinski definition) is 3. The van der Waals surface area contributed by atoms with E-state index < -0.39 is 0 Å². The van der Waals surface area contributed by atoms with Crippen molar-refractivity contribution in [1.82, 2.24) is 0 Å². The van der Waals surface area contributed by atoms with E-state index in [0.717, 1.165) is 11.3 Å². The quantitative estimate of drug-likeness (QED) is 0.840. The molecule has 1 amide bonds. The number of benzene rings is 2. The molecule has 4 heteroatoms. The molecule has 0 atom stereocenters. The van der Waals surface area contributed by atoms with E-state index in [1.54, 1.807) is 24.3 Å². The van der Waals surface area contributed by atoms with E-state index in [0.29, 0.717) is 11.4 Å². The summed E-state index contributed by atoms with van der Waals surface area (Å²) in [4.78, 5) is 11.8. The largest absolute Gasteiger partial charge is 0.484 e. The summed E-state index contributed by atoms with van der Waals surface area (Å²) in [5.74, 6) is 0.385. The maximum Gasteiger partial charge on any atom is 0.262 e. The van der Waals surface area contributed by atoms with Crippen molar-refractivity contribution in [3.8, 4) is 5.75 Å². The lowest BCUT2D eigenvalue weighted by atomic mass is 10.1. The Morgan fingerprint density at radius 2 is 1.95 bits per heavy atom. The highest BCUT2D eigenvalue weighted by Gasteiger charge is 2.04. The molecule has 0 saturated heterocycles. The number of nitrogens with two attached hydrogens (primary N) is 1. The molecule has 20 heavy (non-hydrogen) atoms. The smallest absolute Gasteiger partial charge is 0.262 e. The van der Waals surface area contributed by atoms with Crippen LogP contribution < -0.4 is 15.8 Å². The fourth-order valence-electron chi connectivity index (χ4n) is 1.77. The molecule has 2 aromatic rings. The first kappa shape index (κ1) is 13.9. The molecule has 0 aliphatic rings. The van der Waals surface area contributed by atoms with Crippen LogP contribution in [-0.2, 0) is 4.79 Å². The monoisotopic (exact) mass is 270 g/mol. The maximum absolute atomic E-state index is 11.8. The van der Waals surface area contributed by atoms with Crippen LogP contribution >= 0.6 is 0 Å². The molecule has 0 heterocycles. The van der Waals surface area contributed by atoms with Gasteiger partial charge in [0.05, 0.1) is 0 Å². The Bertz CT molecular complexity index is 624. The van der Waals surface area contributed by atoms with Crippen molar-refractivity contribution < 1.29 is 9.53 Å². The third-order valence-corrected chi connectivity index (χ3v) is 3.02. The van der Waals surface area contributed by atoms with E-state index in [4.69, 9.17) is 10.5 Å². The summed E-state index contributed by atoms with van der Waals surface area (Å²) >= 11 is 0. The van der Waals surface area contributed by atoms with E-state index >= 15 is 0 Å². The lowest BCUT2D eigenvalue weighted by Crippen LogP contribution is -2.20. The minimum Gasteiger partial charge on any atom is -0.484 e. The van der Waals surface area contributed by atoms with Gasteiger partial charge in [-0.3, -0.25) is 4.79 Å². The molecule has 2 aromatic carbocycles. The van der Waals surface area contributed by atoms with Crippen LogP contribution in [0.5, 0.6) is 5.75 Å². The minimum absolute atomic E-state index is 0.0453. The van der Waals surface area contributed by atoms with E-state index in [9.17, 15) is 4.79 Å². The number of hydrogen-bond donors (Lipinski definition) is 2. The van der Waals surface area contributed by atoms with Gasteiger partial charge in [0.25, 0.3) is 5.91 Å². The Morgan fingerprint density at radius 3 is 2.65 bits per heavy atom. The fraction of sp³-hybridized carbons (Fsp3) is 0.188. The van der Waals surface area contributed by atoms with Crippen LogP contribution in [0.15, 0.2) is 42.5 Å². The predicted molar refractivity (Wildman–Crippen MR) is 80.9 cm³/mol. The summed E-state index contributed by atoms with van der Waals surface area (Å²) < 4.78 is 5.38. The van der Waals surface area contributed by atoms with Gasteiger partial charge in [0, 0.05) is 17.4 Å². The molecule has 2 rings (SSSR count). The number of carbonyl (C=O) groups is 1. The number of anilines is 2. The standard InChI is InChI=1S/C16H18N2O2/c1-11-6-7-14(8-12(11)2)18-16(19)10-20-15-5-3-4-13(17)9-15/h3-9H,10,17H2,1-2H3,(H,18,19). The van der Waals surface area contributed by atoms with Crippen LogP contribution in [0.1, 0.15) is 11.1 Å². The highest BCUT2D eigenvalue weighted by molar-refractivity contribution is 5.92. The molecule has 0 aromatic heterocycles. The van der Waals surface area contributed by atoms with Crippen molar-refractivity contribution in [2.24, 2.45) is 0 Å². The number of rotatable bonds is 4. The number of ether oxygens (including phenoxy) is 1. The maximum atomic E-state index is 11.8. The Morgan fingerprint density at radius 1 is 1.15 bits per heavy atom. The van der Waals surface area contributed by atoms with Crippen LogP contribution in [0.25, 0.3) is 0 Å². The molecule has 0 fully saturated rings. The van der Waals surface area contributed by atoms with Crippen LogP contribution in [0, 0.1) is 13.8 Å². The first-order valence-corrected chi connectivity index (χ1v) is 6.40. The average Bonchev–Trinajstić information content (AvgIpc) is 2.41. The first-order valence-electron chi connectivity index (χ1n) is 6.40. The zero-order valence-electron chi connectivity index (χ0n) is 11.6. The van der Waals surface area contributed by atoms with E-state index in [-0.39, 0.29) is 12.5 Å². The summed E-state index contributed by atoms with van der Waals surface area (Å²) in [6.45, 7) is 3.99. The molecule has 3 N–H and O–H groups in total. The van der Waals surface area contributed by atoms with Gasteiger partial charge in [-0.05, 0) is 49.2 Å². The van der Waals surface area contributed by atoms with Crippen molar-refractivity contribution in [3.63, 3.8) is 0 Å². The average molecular weight is 270 g/mol. The van der Waals surface area contributed by atoms with Crippen molar-refractivity contribution in [3.05, 3.63) is 53.6 Å². The van der Waals surface area contributed by atoms with Crippen molar-refractivity contribution in [2.75, 3.05) is 17.7 Å². The van der Waals surface area contributed by atoms with Crippen LogP contribution in [0.3, 0.4) is 0 Å². The van der Waals surface area contributed by atoms with Gasteiger partial charge >= 0.3 is 0 Å². The summed E-state index contributed by atoms with van der Waals surface area (Å²) in [5.41, 5.74) is 9.35. The highest BCUT2D eigenvalue weighted by Crippen LogP contribution is 2.16. The Balaban J connectivity index is 1.91. The molecule has 0 aliphatic carbocycles. The molecule has 0 spiro atoms. The molecule has 4 nitrogen and oxygen atoms in total. The van der Waals surface area contributed by atoms with Crippen molar-refractivity contribution in [1.29, 1.82) is 0 Å². The third kappa shape index (κ3) is 3.75. The van der Waals surface area contributed by atoms with E-state index in [2.05, 4.69) is 5.32 Å². The summed E-state index contributed by atoms with van der Waals surface area (Å²) in [6.07, 6.45) is 0. The number of nitrogens with one attached hydrogen (secondary N) is 1. The molecule has 0 aliphatic heterocycles. The lowest BCUT2D eigenvalue weighted by Gasteiger charge is -2.09. The molecule has 0 radical (unpaired) electrons. The molecule has 0 unspecified atom stereocenters. The van der Waals surface area contributed by atoms with Gasteiger partial charge in [-0.2, -0.15) is 0 Å². The van der Waals surface area contributed by atoms with Crippen LogP contribution in [-0.4, -0.2) is 12.5 Å². The second-order valence-electron chi connectivity index (χ2n) is 4.71. The van der Waals surface area contributed by atoms with Gasteiger partial charge in [-0.1, -0.05) is 12.1 Å². The molecular weight excluding hydrogens is 252 g/mol. The Hall–Kier alpha value is -2.49. The van der Waals surface area contributed by atoms with Crippen LogP contribution in [0.2, 0.25) is 0 Å². The molecule has 0 bridgehead atoms. The zero-order chi connectivity index (χ0) is 14.5. The summed E-state index contributed by atoms with van der Waals surface area (Å²) in [7, 11) is 0. The van der Waals surface area contributed by atoms with Crippen molar-refractivity contribution in [2.45, 2.75) is 13.8 Å². The second kappa shape index (κ2) is 6.10. The molecule has 104 valence electrons. The summed E-state index contributed by atoms with van der Waals surface area (Å²) in [5, 5.41) is 2.80. The lowest BCUT2D eigenvalue weighted by molar-refractivity contribution is -0.118. The highest BCUT2D eigenvalue weighted by atomic mass is 16.5. The Labute approximate surface area is 118 Å². The first-order chi connectivity index (χ1) is 9.54. The van der Waals surface area contributed by atoms with E-state index in [1.165, 1.54) is 5.56 Å². The SMILES string of the molecule is Cc1ccc(NC(=O)COc2cccc(N)c2)cc1C. The van der Waals surface area contributed by atoms with Gasteiger partial charge in [0.2, 0.25) is 0 Å². The normalized spacial score (nSPS) is 10.1. The number of nitrogen functional groups attached to an aromatic ring is 1. The molecule has 0 saturated carbocycles. The number of amides is 1. The number of aryl methyl sites for hydroxylation is 2. The summed E-state index contributed by atoms with van der Waals surface area (Å²) in [6, 6.07) is 12.8. The van der Waals surface area contributed by atoms with Gasteiger partial charge in [0.15, 0.2) is 6.61 Å². The molecular formula is C16H18N2O2. The second-order valence-corrected chi connectivity index (χ2v) is 4.71. The predicted octanol–water partition coefficient (Wildman–Crippen LogP) is 2.90. The van der Waals surface area contributed by atoms with Crippen LogP contribution in [0.4, 0.5) is 11.4 Å². The van der Waals surface area contributed by atoms with Gasteiger partial charge in [-0.15, -0.1) is 0 Å². The van der Waals surface area contributed by atoms with E-state index in [1.807, 2.05) is 32.0 Å². The van der Waals surface area contributed by atoms with Crippen molar-refractivity contribution >= 4 is 17.3 Å². The third-order valence-electron chi connectivity index (χ3n) is 3.02. The van der Waals surface area contributed by atoms with Gasteiger partial charge in [0.1, 0.15) is 5.75 Å². The fourth-order valence-corrected chi connectivity index (χ4v) is 1.77. The Kier molecular flexibility index (Phi) is 4.25. The topological polar surface area (TPSA) is 64.3 Å². The number of carbonyl (C=O) groups excluding carboxylic acids is 1.